The summed E-state index contributed by atoms with van der Waals surface area (Å²) in [6.45, 7) is 1.46. The lowest BCUT2D eigenvalue weighted by molar-refractivity contribution is -0.142. The Morgan fingerprint density at radius 1 is 1.54 bits per heavy atom. The van der Waals surface area contributed by atoms with Gasteiger partial charge in [0.05, 0.1) is 12.4 Å². The molecular weight excluding hydrogens is 194 g/mol. The van der Waals surface area contributed by atoms with Crippen molar-refractivity contribution in [3.63, 3.8) is 0 Å². The molecule has 1 N–H and O–H groups in total. The average Bonchev–Trinajstić information content (AvgIpc) is 2.84. The number of hydrogen-bond donors (Lipinski definition) is 1. The standard InChI is InChI=1S/C7H13NO4S/c1-5(7(9)12-2)8-13(10,11)6-3-4-6/h5-6,8H,3-4H2,1-2H3/t5-/m0/s1. The summed E-state index contributed by atoms with van der Waals surface area (Å²) in [4.78, 5) is 10.9. The SMILES string of the molecule is COC(=O)[C@H](C)NS(=O)(=O)C1CC1. The third-order valence-corrected chi connectivity index (χ3v) is 3.89. The average molecular weight is 207 g/mol. The second kappa shape index (κ2) is 3.63. The number of carbonyl (C=O) groups is 1. The van der Waals surface area contributed by atoms with E-state index in [1.54, 1.807) is 0 Å². The van der Waals surface area contributed by atoms with E-state index in [0.29, 0.717) is 12.8 Å². The van der Waals surface area contributed by atoms with Gasteiger partial charge in [-0.05, 0) is 19.8 Å². The maximum atomic E-state index is 11.3. The highest BCUT2D eigenvalue weighted by molar-refractivity contribution is 7.90. The fourth-order valence-electron chi connectivity index (χ4n) is 0.946. The van der Waals surface area contributed by atoms with E-state index < -0.39 is 22.0 Å². The summed E-state index contributed by atoms with van der Waals surface area (Å²) in [6.07, 6.45) is 1.37. The fraction of sp³-hybridized carbons (Fsp3) is 0.857. The van der Waals surface area contributed by atoms with Crippen LogP contribution >= 0.6 is 0 Å². The number of methoxy groups -OCH3 is 1. The third kappa shape index (κ3) is 2.67. The Bertz CT molecular complexity index is 294. The van der Waals surface area contributed by atoms with Gasteiger partial charge in [-0.3, -0.25) is 4.79 Å². The summed E-state index contributed by atoms with van der Waals surface area (Å²) >= 11 is 0. The number of rotatable bonds is 4. The van der Waals surface area contributed by atoms with Crippen LogP contribution in [0.1, 0.15) is 19.8 Å². The van der Waals surface area contributed by atoms with E-state index >= 15 is 0 Å². The molecule has 0 aromatic rings. The summed E-state index contributed by atoms with van der Waals surface area (Å²) < 4.78 is 29.3. The van der Waals surface area contributed by atoms with E-state index in [4.69, 9.17) is 0 Å². The Hall–Kier alpha value is -0.620. The number of ether oxygens (including phenoxy) is 1. The number of sulfonamides is 1. The van der Waals surface area contributed by atoms with Crippen LogP contribution in [-0.2, 0) is 19.6 Å². The fourth-order valence-corrected chi connectivity index (χ4v) is 2.48. The monoisotopic (exact) mass is 207 g/mol. The van der Waals surface area contributed by atoms with Gasteiger partial charge in [0, 0.05) is 0 Å². The minimum Gasteiger partial charge on any atom is -0.468 e. The highest BCUT2D eigenvalue weighted by Gasteiger charge is 2.37. The van der Waals surface area contributed by atoms with Crippen molar-refractivity contribution in [3.8, 4) is 0 Å². The van der Waals surface area contributed by atoms with Crippen molar-refractivity contribution >= 4 is 16.0 Å². The van der Waals surface area contributed by atoms with Crippen LogP contribution in [-0.4, -0.2) is 32.8 Å². The molecule has 0 aromatic heterocycles. The second-order valence-corrected chi connectivity index (χ2v) is 5.10. The minimum atomic E-state index is -3.29. The normalized spacial score (nSPS) is 19.5. The van der Waals surface area contributed by atoms with Crippen molar-refractivity contribution in [1.29, 1.82) is 0 Å². The van der Waals surface area contributed by atoms with Gasteiger partial charge in [-0.25, -0.2) is 13.1 Å². The molecule has 0 bridgehead atoms. The molecule has 1 rings (SSSR count). The van der Waals surface area contributed by atoms with Crippen molar-refractivity contribution in [2.45, 2.75) is 31.1 Å². The lowest BCUT2D eigenvalue weighted by Crippen LogP contribution is -2.40. The molecule has 1 saturated carbocycles. The van der Waals surface area contributed by atoms with E-state index in [-0.39, 0.29) is 5.25 Å². The zero-order valence-electron chi connectivity index (χ0n) is 7.61. The molecule has 0 amide bonds. The van der Waals surface area contributed by atoms with Crippen LogP contribution in [0.4, 0.5) is 0 Å². The number of esters is 1. The third-order valence-electron chi connectivity index (χ3n) is 1.86. The summed E-state index contributed by atoms with van der Waals surface area (Å²) in [7, 11) is -2.07. The molecule has 1 aliphatic carbocycles. The quantitative estimate of drug-likeness (QED) is 0.638. The molecule has 0 spiro atoms. The first-order valence-electron chi connectivity index (χ1n) is 4.06. The summed E-state index contributed by atoms with van der Waals surface area (Å²) in [5.41, 5.74) is 0. The summed E-state index contributed by atoms with van der Waals surface area (Å²) in [5.74, 6) is -0.566. The van der Waals surface area contributed by atoms with Gasteiger partial charge in [0.1, 0.15) is 6.04 Å². The molecule has 13 heavy (non-hydrogen) atoms. The molecular formula is C7H13NO4S. The molecule has 1 atom stereocenters. The van der Waals surface area contributed by atoms with E-state index in [0.717, 1.165) is 0 Å². The highest BCUT2D eigenvalue weighted by atomic mass is 32.2. The maximum Gasteiger partial charge on any atom is 0.323 e. The molecule has 1 fully saturated rings. The zero-order valence-corrected chi connectivity index (χ0v) is 8.43. The smallest absolute Gasteiger partial charge is 0.323 e. The molecule has 76 valence electrons. The molecule has 5 nitrogen and oxygen atoms in total. The van der Waals surface area contributed by atoms with Gasteiger partial charge in [-0.15, -0.1) is 0 Å². The molecule has 0 unspecified atom stereocenters. The zero-order chi connectivity index (χ0) is 10.1. The molecule has 0 aliphatic heterocycles. The van der Waals surface area contributed by atoms with Crippen LogP contribution in [0, 0.1) is 0 Å². The molecule has 0 heterocycles. The van der Waals surface area contributed by atoms with Crippen molar-refractivity contribution < 1.29 is 17.9 Å². The van der Waals surface area contributed by atoms with Crippen LogP contribution in [0.25, 0.3) is 0 Å². The van der Waals surface area contributed by atoms with E-state index in [2.05, 4.69) is 9.46 Å². The largest absolute Gasteiger partial charge is 0.468 e. The van der Waals surface area contributed by atoms with E-state index in [1.807, 2.05) is 0 Å². The lowest BCUT2D eigenvalue weighted by Gasteiger charge is -2.10. The number of nitrogens with one attached hydrogen (secondary N) is 1. The van der Waals surface area contributed by atoms with Gasteiger partial charge in [0.15, 0.2) is 0 Å². The van der Waals surface area contributed by atoms with Gasteiger partial charge in [0.2, 0.25) is 10.0 Å². The molecule has 0 saturated heterocycles. The van der Waals surface area contributed by atoms with Crippen molar-refractivity contribution in [3.05, 3.63) is 0 Å². The van der Waals surface area contributed by atoms with E-state index in [1.165, 1.54) is 14.0 Å². The highest BCUT2D eigenvalue weighted by Crippen LogP contribution is 2.27. The predicted molar refractivity (Wildman–Crippen MR) is 46.6 cm³/mol. The van der Waals surface area contributed by atoms with E-state index in [9.17, 15) is 13.2 Å². The van der Waals surface area contributed by atoms with Crippen LogP contribution in [0.5, 0.6) is 0 Å². The number of carbonyl (C=O) groups excluding carboxylic acids is 1. The predicted octanol–water partition coefficient (Wildman–Crippen LogP) is -0.370. The summed E-state index contributed by atoms with van der Waals surface area (Å²) in [6, 6.07) is -0.796. The topological polar surface area (TPSA) is 72.5 Å². The Morgan fingerprint density at radius 2 is 2.08 bits per heavy atom. The first-order valence-corrected chi connectivity index (χ1v) is 5.61. The minimum absolute atomic E-state index is 0.306. The Balaban J connectivity index is 2.52. The molecule has 0 aromatic carbocycles. The molecule has 6 heteroatoms. The van der Waals surface area contributed by atoms with Gasteiger partial charge in [-0.2, -0.15) is 0 Å². The van der Waals surface area contributed by atoms with Crippen LogP contribution < -0.4 is 4.72 Å². The van der Waals surface area contributed by atoms with Crippen molar-refractivity contribution in [2.24, 2.45) is 0 Å². The van der Waals surface area contributed by atoms with Crippen LogP contribution in [0.3, 0.4) is 0 Å². The Kier molecular flexibility index (Phi) is 2.92. The van der Waals surface area contributed by atoms with Gasteiger partial charge >= 0.3 is 5.97 Å². The van der Waals surface area contributed by atoms with Crippen molar-refractivity contribution in [2.75, 3.05) is 7.11 Å². The lowest BCUT2D eigenvalue weighted by atomic mass is 10.4. The van der Waals surface area contributed by atoms with Crippen molar-refractivity contribution in [1.82, 2.24) is 4.72 Å². The Labute approximate surface area is 77.5 Å². The van der Waals surface area contributed by atoms with Gasteiger partial charge < -0.3 is 4.74 Å². The van der Waals surface area contributed by atoms with Gasteiger partial charge in [0.25, 0.3) is 0 Å². The molecule has 0 radical (unpaired) electrons. The first-order chi connectivity index (χ1) is 5.97. The summed E-state index contributed by atoms with van der Waals surface area (Å²) in [5, 5.41) is -0.306. The van der Waals surface area contributed by atoms with Crippen LogP contribution in [0.15, 0.2) is 0 Å². The number of hydrogen-bond acceptors (Lipinski definition) is 4. The maximum absolute atomic E-state index is 11.3. The van der Waals surface area contributed by atoms with Gasteiger partial charge in [-0.1, -0.05) is 0 Å². The first kappa shape index (κ1) is 10.5. The molecule has 1 aliphatic rings. The second-order valence-electron chi connectivity index (χ2n) is 3.11. The van der Waals surface area contributed by atoms with Crippen LogP contribution in [0.2, 0.25) is 0 Å². The Morgan fingerprint density at radius 3 is 2.46 bits per heavy atom.